The first-order valence-electron chi connectivity index (χ1n) is 11.7. The number of urea groups is 1. The van der Waals surface area contributed by atoms with Crippen molar-refractivity contribution in [3.63, 3.8) is 0 Å². The van der Waals surface area contributed by atoms with E-state index in [0.717, 1.165) is 4.90 Å². The molecule has 11 nitrogen and oxygen atoms in total. The third kappa shape index (κ3) is 5.94. The van der Waals surface area contributed by atoms with Gasteiger partial charge in [0.2, 0.25) is 5.91 Å². The van der Waals surface area contributed by atoms with Crippen LogP contribution in [-0.2, 0) is 30.1 Å². The summed E-state index contributed by atoms with van der Waals surface area (Å²) in [5.74, 6) is -2.13. The number of rotatable bonds is 7. The smallest absolute Gasteiger partial charge is 0.478 e. The van der Waals surface area contributed by atoms with Crippen molar-refractivity contribution in [3.05, 3.63) is 29.8 Å². The third-order valence-electron chi connectivity index (χ3n) is 6.67. The van der Waals surface area contributed by atoms with E-state index in [-0.39, 0.29) is 31.7 Å². The number of hydrogen-bond donors (Lipinski definition) is 3. The normalized spacial score (nSPS) is 20.1. The zero-order chi connectivity index (χ0) is 26.0. The lowest BCUT2D eigenvalue weighted by molar-refractivity contribution is -0.153. The highest BCUT2D eigenvalue weighted by Crippen LogP contribution is 2.36. The Morgan fingerprint density at radius 1 is 1.06 bits per heavy atom. The van der Waals surface area contributed by atoms with E-state index < -0.39 is 48.1 Å². The van der Waals surface area contributed by atoms with Crippen molar-refractivity contribution in [1.29, 1.82) is 0 Å². The van der Waals surface area contributed by atoms with E-state index in [9.17, 15) is 24.3 Å². The summed E-state index contributed by atoms with van der Waals surface area (Å²) in [6.07, 6.45) is 0.151. The minimum absolute atomic E-state index is 0.0334. The van der Waals surface area contributed by atoms with E-state index in [2.05, 4.69) is 10.6 Å². The molecule has 0 aliphatic carbocycles. The number of aromatic hydroxyl groups is 1. The number of nitrogens with one attached hydrogen (secondary N) is 2. The maximum Gasteiger partial charge on any atom is 0.478 e. The maximum absolute atomic E-state index is 13.1. The van der Waals surface area contributed by atoms with Crippen molar-refractivity contribution in [3.8, 4) is 5.75 Å². The number of phenolic OH excluding ortho intramolecular Hbond substituents is 1. The van der Waals surface area contributed by atoms with Crippen LogP contribution < -0.4 is 10.6 Å². The molecule has 1 atom stereocenters. The van der Waals surface area contributed by atoms with Gasteiger partial charge in [-0.15, -0.1) is 0 Å². The number of nitrogens with zero attached hydrogens (tertiary/aromatic N) is 2. The van der Waals surface area contributed by atoms with Gasteiger partial charge >= 0.3 is 25.0 Å². The molecule has 2 fully saturated rings. The fraction of sp³-hybridized carbons (Fsp3) is 0.565. The van der Waals surface area contributed by atoms with Crippen molar-refractivity contribution in [1.82, 2.24) is 20.4 Å². The monoisotopic (exact) mass is 488 g/mol. The number of carbonyl (C=O) groups excluding carboxylic acids is 4. The van der Waals surface area contributed by atoms with Crippen LogP contribution in [0.2, 0.25) is 0 Å². The highest BCUT2D eigenvalue weighted by Gasteiger charge is 2.51. The van der Waals surface area contributed by atoms with Crippen LogP contribution in [0.15, 0.2) is 24.3 Å². The van der Waals surface area contributed by atoms with E-state index >= 15 is 0 Å². The van der Waals surface area contributed by atoms with Gasteiger partial charge in [0.05, 0.1) is 17.6 Å². The van der Waals surface area contributed by atoms with Crippen LogP contribution in [0.4, 0.5) is 4.79 Å². The highest BCUT2D eigenvalue weighted by molar-refractivity contribution is 6.46. The fourth-order valence-electron chi connectivity index (χ4n) is 3.83. The van der Waals surface area contributed by atoms with Gasteiger partial charge in [0.1, 0.15) is 11.8 Å². The number of phenols is 1. The molecule has 2 heterocycles. The van der Waals surface area contributed by atoms with Crippen LogP contribution in [0.3, 0.4) is 0 Å². The Morgan fingerprint density at radius 2 is 1.66 bits per heavy atom. The highest BCUT2D eigenvalue weighted by atomic mass is 16.7. The Hall–Kier alpha value is -3.12. The summed E-state index contributed by atoms with van der Waals surface area (Å²) in [5.41, 5.74) is -0.442. The number of imide groups is 1. The predicted molar refractivity (Wildman–Crippen MR) is 127 cm³/mol. The average Bonchev–Trinajstić information content (AvgIpc) is 3.00. The van der Waals surface area contributed by atoms with Gasteiger partial charge in [0.15, 0.2) is 0 Å². The quantitative estimate of drug-likeness (QED) is 0.374. The predicted octanol–water partition coefficient (Wildman–Crippen LogP) is 0.451. The number of likely N-dealkylation sites (N-methyl/N-ethyl adjacent to an activating group) is 1. The third-order valence-corrected chi connectivity index (χ3v) is 6.67. The summed E-state index contributed by atoms with van der Waals surface area (Å²) >= 11 is 0. The van der Waals surface area contributed by atoms with Gasteiger partial charge in [0.25, 0.3) is 0 Å². The van der Waals surface area contributed by atoms with Gasteiger partial charge in [-0.05, 0) is 52.3 Å². The zero-order valence-corrected chi connectivity index (χ0v) is 20.8. The first kappa shape index (κ1) is 26.5. The lowest BCUT2D eigenvalue weighted by Gasteiger charge is -2.32. The van der Waals surface area contributed by atoms with Crippen LogP contribution in [0.25, 0.3) is 0 Å². The maximum atomic E-state index is 13.1. The molecule has 0 bridgehead atoms. The standard InChI is InChI=1S/C23H33BN4O7/c1-6-27-11-12-28(20(32)19(27)31)21(33)26-17(13-15-7-9-16(29)10-8-15)18(30)25-14-24-34-22(2,3)23(4,5)35-24/h7-10,17,29H,6,11-14H2,1-5H3,(H,25,30)(H,26,33)/t17-/m1/s1. The van der Waals surface area contributed by atoms with Gasteiger partial charge in [-0.25, -0.2) is 4.79 Å². The molecule has 2 aliphatic rings. The molecular formula is C23H33BN4O7. The molecule has 2 saturated heterocycles. The lowest BCUT2D eigenvalue weighted by atomic mass is 9.90. The van der Waals surface area contributed by atoms with Gasteiger partial charge in [0, 0.05) is 26.1 Å². The van der Waals surface area contributed by atoms with Crippen LogP contribution in [-0.4, -0.2) is 89.1 Å². The van der Waals surface area contributed by atoms with Crippen molar-refractivity contribution in [2.75, 3.05) is 26.1 Å². The molecular weight excluding hydrogens is 455 g/mol. The second-order valence-electron chi connectivity index (χ2n) is 9.65. The number of amides is 5. The molecule has 12 heteroatoms. The number of carbonyl (C=O) groups is 4. The fourth-order valence-corrected chi connectivity index (χ4v) is 3.83. The largest absolute Gasteiger partial charge is 0.508 e. The SMILES string of the molecule is CCN1CCN(C(=O)N[C@H](Cc2ccc(O)cc2)C(=O)NCB2OC(C)(C)C(C)(C)O2)C(=O)C1=O. The lowest BCUT2D eigenvalue weighted by Crippen LogP contribution is -2.60. The van der Waals surface area contributed by atoms with Crippen molar-refractivity contribution < 1.29 is 33.6 Å². The summed E-state index contributed by atoms with van der Waals surface area (Å²) in [7, 11) is -0.671. The summed E-state index contributed by atoms with van der Waals surface area (Å²) in [4.78, 5) is 52.8. The molecule has 0 aromatic heterocycles. The molecule has 1 aromatic rings. The second-order valence-corrected chi connectivity index (χ2v) is 9.65. The zero-order valence-electron chi connectivity index (χ0n) is 20.8. The summed E-state index contributed by atoms with van der Waals surface area (Å²) in [5, 5.41) is 14.9. The summed E-state index contributed by atoms with van der Waals surface area (Å²) in [6, 6.07) is 4.33. The molecule has 0 spiro atoms. The second kappa shape index (κ2) is 10.2. The molecule has 2 aliphatic heterocycles. The molecule has 5 amide bonds. The van der Waals surface area contributed by atoms with Gasteiger partial charge in [-0.1, -0.05) is 12.1 Å². The summed E-state index contributed by atoms with van der Waals surface area (Å²) in [6.45, 7) is 9.98. The van der Waals surface area contributed by atoms with Gasteiger partial charge < -0.3 is 29.9 Å². The molecule has 0 unspecified atom stereocenters. The molecule has 3 N–H and O–H groups in total. The Bertz CT molecular complexity index is 967. The number of hydrogen-bond acceptors (Lipinski definition) is 7. The molecule has 1 aromatic carbocycles. The average molecular weight is 488 g/mol. The Labute approximate surface area is 205 Å². The molecule has 0 radical (unpaired) electrons. The first-order chi connectivity index (χ1) is 16.3. The molecule has 0 saturated carbocycles. The van der Waals surface area contributed by atoms with E-state index in [1.807, 2.05) is 27.7 Å². The minimum Gasteiger partial charge on any atom is -0.508 e. The topological polar surface area (TPSA) is 138 Å². The molecule has 3 rings (SSSR count). The van der Waals surface area contributed by atoms with E-state index in [0.29, 0.717) is 12.1 Å². The van der Waals surface area contributed by atoms with Crippen molar-refractivity contribution in [2.45, 2.75) is 58.3 Å². The van der Waals surface area contributed by atoms with Gasteiger partial charge in [-0.3, -0.25) is 19.3 Å². The van der Waals surface area contributed by atoms with E-state index in [4.69, 9.17) is 9.31 Å². The summed E-state index contributed by atoms with van der Waals surface area (Å²) < 4.78 is 11.8. The van der Waals surface area contributed by atoms with Crippen LogP contribution in [0, 0.1) is 0 Å². The van der Waals surface area contributed by atoms with Gasteiger partial charge in [-0.2, -0.15) is 0 Å². The van der Waals surface area contributed by atoms with Crippen molar-refractivity contribution in [2.24, 2.45) is 0 Å². The number of benzene rings is 1. The Balaban J connectivity index is 1.69. The van der Waals surface area contributed by atoms with Crippen LogP contribution in [0.5, 0.6) is 5.75 Å². The Kier molecular flexibility index (Phi) is 7.75. The van der Waals surface area contributed by atoms with Crippen LogP contribution >= 0.6 is 0 Å². The molecule has 190 valence electrons. The van der Waals surface area contributed by atoms with Crippen molar-refractivity contribution >= 4 is 30.9 Å². The molecule has 35 heavy (non-hydrogen) atoms. The van der Waals surface area contributed by atoms with Crippen LogP contribution in [0.1, 0.15) is 40.2 Å². The minimum atomic E-state index is -1.05. The van der Waals surface area contributed by atoms with E-state index in [1.165, 1.54) is 17.0 Å². The van der Waals surface area contributed by atoms with E-state index in [1.54, 1.807) is 19.1 Å². The Morgan fingerprint density at radius 3 is 2.23 bits per heavy atom. The first-order valence-corrected chi connectivity index (χ1v) is 11.7. The number of piperazine rings is 1.